The lowest BCUT2D eigenvalue weighted by Gasteiger charge is -2.12. The van der Waals surface area contributed by atoms with Gasteiger partial charge < -0.3 is 5.32 Å². The molecule has 0 aliphatic rings. The van der Waals surface area contributed by atoms with E-state index >= 15 is 0 Å². The average molecular weight is 355 g/mol. The van der Waals surface area contributed by atoms with Crippen LogP contribution in [0.5, 0.6) is 0 Å². The first kappa shape index (κ1) is 17.2. The van der Waals surface area contributed by atoms with Crippen LogP contribution in [-0.2, 0) is 4.79 Å². The maximum absolute atomic E-state index is 13.1. The molecule has 1 atom stereocenters. The molecule has 2 aromatic carbocycles. The van der Waals surface area contributed by atoms with Crippen molar-refractivity contribution in [3.63, 3.8) is 0 Å². The Labute approximate surface area is 141 Å². The predicted molar refractivity (Wildman–Crippen MR) is 88.5 cm³/mol. The van der Waals surface area contributed by atoms with Gasteiger partial charge in [0.25, 0.3) is 5.69 Å². The number of halogens is 2. The number of carbonyl (C=O) groups is 1. The molecule has 0 spiro atoms. The van der Waals surface area contributed by atoms with Crippen LogP contribution in [0.25, 0.3) is 0 Å². The smallest absolute Gasteiger partial charge is 0.269 e. The summed E-state index contributed by atoms with van der Waals surface area (Å²) in [6.07, 6.45) is 0. The second kappa shape index (κ2) is 7.43. The number of thioether (sulfide) groups is 1. The summed E-state index contributed by atoms with van der Waals surface area (Å²) in [5.41, 5.74) is 0.393. The number of nitro groups is 1. The second-order valence-corrected chi connectivity index (χ2v) is 6.45. The molecule has 1 N–H and O–H groups in total. The molecule has 0 saturated carbocycles. The number of anilines is 1. The van der Waals surface area contributed by atoms with E-state index in [2.05, 4.69) is 5.32 Å². The van der Waals surface area contributed by atoms with Gasteiger partial charge in [-0.2, -0.15) is 0 Å². The Kier molecular flexibility index (Phi) is 5.57. The molecule has 0 saturated heterocycles. The molecule has 8 heteroatoms. The van der Waals surface area contributed by atoms with E-state index in [-0.39, 0.29) is 16.6 Å². The van der Waals surface area contributed by atoms with Crippen LogP contribution in [0.15, 0.2) is 47.4 Å². The fourth-order valence-corrected chi connectivity index (χ4v) is 2.77. The van der Waals surface area contributed by atoms with Gasteiger partial charge in [0.1, 0.15) is 5.82 Å². The predicted octanol–water partition coefficient (Wildman–Crippen LogP) is 4.51. The number of non-ortho nitro benzene ring substituents is 1. The zero-order valence-corrected chi connectivity index (χ0v) is 13.5. The summed E-state index contributed by atoms with van der Waals surface area (Å²) < 4.78 is 13.1. The van der Waals surface area contributed by atoms with Gasteiger partial charge in [-0.15, -0.1) is 11.8 Å². The van der Waals surface area contributed by atoms with Crippen LogP contribution < -0.4 is 5.32 Å². The molecule has 2 aromatic rings. The molecular formula is C15H12ClFN2O3S. The maximum Gasteiger partial charge on any atom is 0.269 e. The lowest BCUT2D eigenvalue weighted by molar-refractivity contribution is -0.384. The van der Waals surface area contributed by atoms with E-state index in [0.29, 0.717) is 5.69 Å². The Morgan fingerprint density at radius 1 is 1.30 bits per heavy atom. The molecule has 0 fully saturated rings. The van der Waals surface area contributed by atoms with Crippen molar-refractivity contribution in [2.75, 3.05) is 5.32 Å². The van der Waals surface area contributed by atoms with E-state index in [1.807, 2.05) is 0 Å². The number of benzene rings is 2. The first-order valence-corrected chi connectivity index (χ1v) is 7.79. The van der Waals surface area contributed by atoms with Gasteiger partial charge in [-0.05, 0) is 37.3 Å². The molecule has 120 valence electrons. The number of carbonyl (C=O) groups excluding carboxylic acids is 1. The number of nitrogens with zero attached hydrogens (tertiary/aromatic N) is 1. The minimum absolute atomic E-state index is 0.00703. The van der Waals surface area contributed by atoms with E-state index in [1.54, 1.807) is 19.1 Å². The van der Waals surface area contributed by atoms with E-state index < -0.39 is 16.0 Å². The Balaban J connectivity index is 1.99. The largest absolute Gasteiger partial charge is 0.325 e. The zero-order valence-electron chi connectivity index (χ0n) is 12.0. The van der Waals surface area contributed by atoms with E-state index in [9.17, 15) is 19.3 Å². The van der Waals surface area contributed by atoms with Crippen LogP contribution in [0.2, 0.25) is 5.02 Å². The van der Waals surface area contributed by atoms with Crippen molar-refractivity contribution in [1.82, 2.24) is 0 Å². The quantitative estimate of drug-likeness (QED) is 0.487. The van der Waals surface area contributed by atoms with Gasteiger partial charge in [-0.1, -0.05) is 11.6 Å². The molecule has 1 unspecified atom stereocenters. The molecule has 1 amide bonds. The van der Waals surface area contributed by atoms with Gasteiger partial charge in [0, 0.05) is 22.7 Å². The van der Waals surface area contributed by atoms with Crippen LogP contribution in [0, 0.1) is 15.9 Å². The Morgan fingerprint density at radius 2 is 1.96 bits per heavy atom. The van der Waals surface area contributed by atoms with Crippen LogP contribution in [-0.4, -0.2) is 16.1 Å². The van der Waals surface area contributed by atoms with Crippen molar-refractivity contribution in [3.8, 4) is 0 Å². The summed E-state index contributed by atoms with van der Waals surface area (Å²) in [7, 11) is 0. The minimum Gasteiger partial charge on any atom is -0.325 e. The van der Waals surface area contributed by atoms with Gasteiger partial charge in [-0.25, -0.2) is 4.39 Å². The number of hydrogen-bond acceptors (Lipinski definition) is 4. The first-order valence-electron chi connectivity index (χ1n) is 6.54. The minimum atomic E-state index is -0.557. The summed E-state index contributed by atoms with van der Waals surface area (Å²) in [5, 5.41) is 12.7. The molecule has 0 aliphatic carbocycles. The van der Waals surface area contributed by atoms with Gasteiger partial charge >= 0.3 is 0 Å². The third-order valence-electron chi connectivity index (χ3n) is 2.92. The number of nitrogens with one attached hydrogen (secondary N) is 1. The number of amides is 1. The van der Waals surface area contributed by atoms with Crippen molar-refractivity contribution in [3.05, 3.63) is 63.4 Å². The Morgan fingerprint density at radius 3 is 2.52 bits per heavy atom. The summed E-state index contributed by atoms with van der Waals surface area (Å²) in [5.74, 6) is -0.839. The normalized spacial score (nSPS) is 11.8. The van der Waals surface area contributed by atoms with Crippen molar-refractivity contribution >= 4 is 40.6 Å². The number of nitro benzene ring substituents is 1. The van der Waals surface area contributed by atoms with Crippen LogP contribution in [0.4, 0.5) is 15.8 Å². The first-order chi connectivity index (χ1) is 10.9. The SMILES string of the molecule is CC(Sc1ccc([N+](=O)[O-])cc1)C(=O)Nc1ccc(F)c(Cl)c1. The molecule has 0 aliphatic heterocycles. The van der Waals surface area contributed by atoms with E-state index in [4.69, 9.17) is 11.6 Å². The van der Waals surface area contributed by atoms with E-state index in [0.717, 1.165) is 4.90 Å². The van der Waals surface area contributed by atoms with Crippen LogP contribution in [0.3, 0.4) is 0 Å². The van der Waals surface area contributed by atoms with Crippen molar-refractivity contribution in [2.24, 2.45) is 0 Å². The number of rotatable bonds is 5. The lowest BCUT2D eigenvalue weighted by atomic mass is 10.3. The summed E-state index contributed by atoms with van der Waals surface area (Å²) in [6, 6.07) is 9.86. The van der Waals surface area contributed by atoms with E-state index in [1.165, 1.54) is 42.1 Å². The maximum atomic E-state index is 13.1. The highest BCUT2D eigenvalue weighted by Gasteiger charge is 2.16. The van der Waals surface area contributed by atoms with Gasteiger partial charge in [0.15, 0.2) is 0 Å². The van der Waals surface area contributed by atoms with Crippen LogP contribution in [0.1, 0.15) is 6.92 Å². The Hall–Kier alpha value is -2.12. The zero-order chi connectivity index (χ0) is 17.0. The summed E-state index contributed by atoms with van der Waals surface area (Å²) >= 11 is 6.92. The van der Waals surface area contributed by atoms with Crippen molar-refractivity contribution in [1.29, 1.82) is 0 Å². The summed E-state index contributed by atoms with van der Waals surface area (Å²) in [6.45, 7) is 1.70. The monoisotopic (exact) mass is 354 g/mol. The molecule has 23 heavy (non-hydrogen) atoms. The second-order valence-electron chi connectivity index (χ2n) is 4.63. The van der Waals surface area contributed by atoms with Crippen molar-refractivity contribution < 1.29 is 14.1 Å². The molecular weight excluding hydrogens is 343 g/mol. The molecule has 5 nitrogen and oxygen atoms in total. The molecule has 2 rings (SSSR count). The number of hydrogen-bond donors (Lipinski definition) is 1. The highest BCUT2D eigenvalue weighted by Crippen LogP contribution is 2.26. The van der Waals surface area contributed by atoms with Crippen LogP contribution >= 0.6 is 23.4 Å². The summed E-state index contributed by atoms with van der Waals surface area (Å²) in [4.78, 5) is 23.0. The topological polar surface area (TPSA) is 72.2 Å². The van der Waals surface area contributed by atoms with Crippen molar-refractivity contribution in [2.45, 2.75) is 17.1 Å². The Bertz CT molecular complexity index is 740. The molecule has 0 aromatic heterocycles. The highest BCUT2D eigenvalue weighted by molar-refractivity contribution is 8.00. The third-order valence-corrected chi connectivity index (χ3v) is 4.32. The molecule has 0 bridgehead atoms. The third kappa shape index (κ3) is 4.67. The fraction of sp³-hybridized carbons (Fsp3) is 0.133. The lowest BCUT2D eigenvalue weighted by Crippen LogP contribution is -2.22. The molecule has 0 radical (unpaired) electrons. The standard InChI is InChI=1S/C15H12ClFN2O3S/c1-9(23-12-5-3-11(4-6-12)19(21)22)15(20)18-10-2-7-14(17)13(16)8-10/h2-9H,1H3,(H,18,20). The average Bonchev–Trinajstić information content (AvgIpc) is 2.51. The van der Waals surface area contributed by atoms with Gasteiger partial charge in [0.2, 0.25) is 5.91 Å². The fourth-order valence-electron chi connectivity index (χ4n) is 1.72. The molecule has 0 heterocycles. The highest BCUT2D eigenvalue weighted by atomic mass is 35.5. The van der Waals surface area contributed by atoms with Gasteiger partial charge in [0.05, 0.1) is 15.2 Å². The van der Waals surface area contributed by atoms with Gasteiger partial charge in [-0.3, -0.25) is 14.9 Å².